The fourth-order valence-electron chi connectivity index (χ4n) is 1.67. The van der Waals surface area contributed by atoms with Crippen molar-refractivity contribution in [3.05, 3.63) is 53.5 Å². The maximum absolute atomic E-state index is 5.69. The van der Waals surface area contributed by atoms with Crippen molar-refractivity contribution in [2.45, 2.75) is 20.1 Å². The van der Waals surface area contributed by atoms with Crippen LogP contribution in [0.1, 0.15) is 17.1 Å². The first-order valence-corrected chi connectivity index (χ1v) is 5.70. The van der Waals surface area contributed by atoms with Gasteiger partial charge in [-0.2, -0.15) is 0 Å². The van der Waals surface area contributed by atoms with Crippen LogP contribution in [0.4, 0.5) is 0 Å². The summed E-state index contributed by atoms with van der Waals surface area (Å²) in [4.78, 5) is 0. The zero-order valence-corrected chi connectivity index (χ0v) is 10.2. The average Bonchev–Trinajstić information content (AvgIpc) is 2.70. The van der Waals surface area contributed by atoms with E-state index in [1.54, 1.807) is 0 Å². The van der Waals surface area contributed by atoms with E-state index in [0.29, 0.717) is 6.61 Å². The van der Waals surface area contributed by atoms with Gasteiger partial charge in [-0.15, -0.1) is 0 Å². The summed E-state index contributed by atoms with van der Waals surface area (Å²) >= 11 is 0. The molecule has 1 heterocycles. The zero-order chi connectivity index (χ0) is 12.1. The highest BCUT2D eigenvalue weighted by molar-refractivity contribution is 5.23. The molecule has 0 spiro atoms. The molecule has 1 aromatic heterocycles. The summed E-state index contributed by atoms with van der Waals surface area (Å²) in [6, 6.07) is 11.8. The van der Waals surface area contributed by atoms with E-state index in [1.165, 1.54) is 0 Å². The molecule has 3 heteroatoms. The highest BCUT2D eigenvalue weighted by Gasteiger charge is 2.07. The highest BCUT2D eigenvalue weighted by Crippen LogP contribution is 2.17. The smallest absolute Gasteiger partial charge is 0.146 e. The summed E-state index contributed by atoms with van der Waals surface area (Å²) in [6.45, 7) is 3.26. The number of hydrogen-bond donors (Lipinski definition) is 1. The third kappa shape index (κ3) is 3.11. The Bertz CT molecular complexity index is 462. The Morgan fingerprint density at radius 3 is 2.71 bits per heavy atom. The van der Waals surface area contributed by atoms with Crippen LogP contribution in [0.15, 0.2) is 40.8 Å². The van der Waals surface area contributed by atoms with Gasteiger partial charge in [0.05, 0.1) is 6.54 Å². The van der Waals surface area contributed by atoms with Gasteiger partial charge in [-0.25, -0.2) is 0 Å². The average molecular weight is 231 g/mol. The van der Waals surface area contributed by atoms with Crippen LogP contribution in [-0.2, 0) is 13.2 Å². The van der Waals surface area contributed by atoms with Gasteiger partial charge in [0.25, 0.3) is 0 Å². The van der Waals surface area contributed by atoms with Gasteiger partial charge in [0, 0.05) is 0 Å². The summed E-state index contributed by atoms with van der Waals surface area (Å²) in [5.41, 5.74) is 1.16. The molecule has 0 saturated heterocycles. The third-order valence-electron chi connectivity index (χ3n) is 2.53. The van der Waals surface area contributed by atoms with Crippen molar-refractivity contribution in [1.82, 2.24) is 5.32 Å². The first-order chi connectivity index (χ1) is 8.29. The lowest BCUT2D eigenvalue weighted by Gasteiger charge is -2.03. The van der Waals surface area contributed by atoms with E-state index in [9.17, 15) is 0 Å². The molecule has 2 aromatic rings. The lowest BCUT2D eigenvalue weighted by Crippen LogP contribution is -2.04. The monoisotopic (exact) mass is 231 g/mol. The molecular weight excluding hydrogens is 214 g/mol. The Morgan fingerprint density at radius 2 is 2.00 bits per heavy atom. The Labute approximate surface area is 101 Å². The van der Waals surface area contributed by atoms with Crippen LogP contribution in [-0.4, -0.2) is 7.05 Å². The van der Waals surface area contributed by atoms with Gasteiger partial charge in [0.1, 0.15) is 23.9 Å². The molecule has 0 fully saturated rings. The van der Waals surface area contributed by atoms with E-state index in [4.69, 9.17) is 9.15 Å². The number of furan rings is 1. The lowest BCUT2D eigenvalue weighted by molar-refractivity contribution is 0.265. The van der Waals surface area contributed by atoms with Crippen LogP contribution in [0.2, 0.25) is 0 Å². The molecule has 2 rings (SSSR count). The van der Waals surface area contributed by atoms with Crippen molar-refractivity contribution in [1.29, 1.82) is 0 Å². The lowest BCUT2D eigenvalue weighted by atomic mass is 10.2. The second-order valence-corrected chi connectivity index (χ2v) is 3.95. The molecule has 0 saturated carbocycles. The van der Waals surface area contributed by atoms with Crippen LogP contribution in [0.5, 0.6) is 5.75 Å². The summed E-state index contributed by atoms with van der Waals surface area (Å²) in [7, 11) is 1.90. The van der Waals surface area contributed by atoms with Gasteiger partial charge in [0.15, 0.2) is 0 Å². The van der Waals surface area contributed by atoms with Gasteiger partial charge in [-0.3, -0.25) is 0 Å². The van der Waals surface area contributed by atoms with E-state index in [0.717, 1.165) is 29.4 Å². The van der Waals surface area contributed by atoms with Crippen molar-refractivity contribution in [2.75, 3.05) is 7.05 Å². The minimum absolute atomic E-state index is 0.467. The minimum Gasteiger partial charge on any atom is -0.486 e. The molecule has 1 N–H and O–H groups in total. The summed E-state index contributed by atoms with van der Waals surface area (Å²) in [5, 5.41) is 3.08. The van der Waals surface area contributed by atoms with Crippen molar-refractivity contribution in [3.63, 3.8) is 0 Å². The molecule has 17 heavy (non-hydrogen) atoms. The second kappa shape index (κ2) is 5.55. The number of ether oxygens (including phenoxy) is 1. The molecule has 0 aliphatic rings. The van der Waals surface area contributed by atoms with Gasteiger partial charge >= 0.3 is 0 Å². The van der Waals surface area contributed by atoms with E-state index < -0.39 is 0 Å². The Morgan fingerprint density at radius 1 is 1.24 bits per heavy atom. The largest absolute Gasteiger partial charge is 0.486 e. The van der Waals surface area contributed by atoms with Gasteiger partial charge in [-0.05, 0) is 37.7 Å². The normalized spacial score (nSPS) is 10.5. The standard InChI is InChI=1S/C14H17NO2/c1-11-8-13(17-14(11)9-15-2)10-16-12-6-4-3-5-7-12/h3-8,15H,9-10H2,1-2H3. The van der Waals surface area contributed by atoms with E-state index in [-0.39, 0.29) is 0 Å². The Hall–Kier alpha value is -1.74. The molecule has 0 radical (unpaired) electrons. The topological polar surface area (TPSA) is 34.4 Å². The number of hydrogen-bond acceptors (Lipinski definition) is 3. The molecular formula is C14H17NO2. The molecule has 0 amide bonds. The molecule has 3 nitrogen and oxygen atoms in total. The number of aryl methyl sites for hydroxylation is 1. The predicted octanol–water partition coefficient (Wildman–Crippen LogP) is 2.89. The third-order valence-corrected chi connectivity index (χ3v) is 2.53. The Kier molecular flexibility index (Phi) is 3.83. The molecule has 0 atom stereocenters. The van der Waals surface area contributed by atoms with E-state index >= 15 is 0 Å². The fraction of sp³-hybridized carbons (Fsp3) is 0.286. The molecule has 0 bridgehead atoms. The van der Waals surface area contributed by atoms with E-state index in [2.05, 4.69) is 5.32 Å². The number of benzene rings is 1. The summed E-state index contributed by atoms with van der Waals surface area (Å²) < 4.78 is 11.3. The molecule has 0 aliphatic carbocycles. The minimum atomic E-state index is 0.467. The zero-order valence-electron chi connectivity index (χ0n) is 10.2. The van der Waals surface area contributed by atoms with Crippen molar-refractivity contribution in [3.8, 4) is 5.75 Å². The first-order valence-electron chi connectivity index (χ1n) is 5.70. The predicted molar refractivity (Wildman–Crippen MR) is 67.0 cm³/mol. The maximum atomic E-state index is 5.69. The SMILES string of the molecule is CNCc1oc(COc2ccccc2)cc1C. The number of para-hydroxylation sites is 1. The van der Waals surface area contributed by atoms with Crippen molar-refractivity contribution >= 4 is 0 Å². The Balaban J connectivity index is 1.97. The number of rotatable bonds is 5. The van der Waals surface area contributed by atoms with Crippen LogP contribution in [0.25, 0.3) is 0 Å². The molecule has 90 valence electrons. The number of nitrogens with one attached hydrogen (secondary N) is 1. The van der Waals surface area contributed by atoms with Crippen LogP contribution < -0.4 is 10.1 Å². The van der Waals surface area contributed by atoms with Crippen LogP contribution >= 0.6 is 0 Å². The van der Waals surface area contributed by atoms with E-state index in [1.807, 2.05) is 50.4 Å². The van der Waals surface area contributed by atoms with Gasteiger partial charge in [0.2, 0.25) is 0 Å². The molecule has 1 aromatic carbocycles. The quantitative estimate of drug-likeness (QED) is 0.859. The maximum Gasteiger partial charge on any atom is 0.146 e. The molecule has 0 unspecified atom stereocenters. The first kappa shape index (κ1) is 11.7. The molecule has 0 aliphatic heterocycles. The van der Waals surface area contributed by atoms with Crippen molar-refractivity contribution < 1.29 is 9.15 Å². The van der Waals surface area contributed by atoms with Gasteiger partial charge in [-0.1, -0.05) is 18.2 Å². The summed E-state index contributed by atoms with van der Waals surface area (Å²) in [5.74, 6) is 2.69. The fourth-order valence-corrected chi connectivity index (χ4v) is 1.67. The summed E-state index contributed by atoms with van der Waals surface area (Å²) in [6.07, 6.45) is 0. The van der Waals surface area contributed by atoms with Gasteiger partial charge < -0.3 is 14.5 Å². The van der Waals surface area contributed by atoms with Crippen molar-refractivity contribution in [2.24, 2.45) is 0 Å². The second-order valence-electron chi connectivity index (χ2n) is 3.95. The van der Waals surface area contributed by atoms with Crippen LogP contribution in [0, 0.1) is 6.92 Å². The van der Waals surface area contributed by atoms with Crippen LogP contribution in [0.3, 0.4) is 0 Å². The highest BCUT2D eigenvalue weighted by atomic mass is 16.5.